The Balaban J connectivity index is 1.67. The maximum absolute atomic E-state index is 12.8. The smallest absolute Gasteiger partial charge is 0.321 e. The summed E-state index contributed by atoms with van der Waals surface area (Å²) in [6.07, 6.45) is 0.222. The van der Waals surface area contributed by atoms with E-state index in [4.69, 9.17) is 0 Å². The van der Waals surface area contributed by atoms with Gasteiger partial charge in [-0.3, -0.25) is 14.5 Å². The van der Waals surface area contributed by atoms with Crippen molar-refractivity contribution in [2.75, 3.05) is 5.32 Å². The van der Waals surface area contributed by atoms with Gasteiger partial charge < -0.3 is 5.32 Å². The standard InChI is InChI=1S/C18H16F3N5OS/c1-9-12(8-26(2)24-9)15-14(10-3-4-10)16(28-25-15)17(27)23-11-5-6-22-13(7-11)18(19,20)21/h5-8,10H,3-4H2,1-2H3,(H,22,23,27). The minimum Gasteiger partial charge on any atom is -0.321 e. The largest absolute Gasteiger partial charge is 0.433 e. The van der Waals surface area contributed by atoms with Crippen LogP contribution in [0.2, 0.25) is 0 Å². The summed E-state index contributed by atoms with van der Waals surface area (Å²) in [7, 11) is 1.81. The highest BCUT2D eigenvalue weighted by Gasteiger charge is 2.35. The van der Waals surface area contributed by atoms with E-state index in [0.29, 0.717) is 4.88 Å². The Labute approximate surface area is 162 Å². The topological polar surface area (TPSA) is 72.7 Å². The lowest BCUT2D eigenvalue weighted by Crippen LogP contribution is -2.14. The van der Waals surface area contributed by atoms with E-state index in [2.05, 4.69) is 19.8 Å². The molecule has 1 aliphatic carbocycles. The van der Waals surface area contributed by atoms with Gasteiger partial charge in [0.2, 0.25) is 0 Å². The molecule has 1 aliphatic rings. The third-order valence-electron chi connectivity index (χ3n) is 4.50. The molecule has 1 fully saturated rings. The summed E-state index contributed by atoms with van der Waals surface area (Å²) in [5.74, 6) is -0.233. The number of alkyl halides is 3. The van der Waals surface area contributed by atoms with Gasteiger partial charge in [0.15, 0.2) is 0 Å². The number of nitrogens with one attached hydrogen (secondary N) is 1. The van der Waals surface area contributed by atoms with E-state index in [1.54, 1.807) is 4.68 Å². The zero-order valence-corrected chi connectivity index (χ0v) is 15.9. The number of aryl methyl sites for hydroxylation is 2. The van der Waals surface area contributed by atoms with Gasteiger partial charge in [-0.15, -0.1) is 0 Å². The van der Waals surface area contributed by atoms with E-state index in [0.717, 1.165) is 59.2 Å². The Morgan fingerprint density at radius 1 is 1.36 bits per heavy atom. The van der Waals surface area contributed by atoms with Gasteiger partial charge >= 0.3 is 6.18 Å². The molecule has 0 unspecified atom stereocenters. The van der Waals surface area contributed by atoms with Crippen molar-refractivity contribution in [3.05, 3.63) is 46.4 Å². The molecule has 28 heavy (non-hydrogen) atoms. The van der Waals surface area contributed by atoms with E-state index in [1.807, 2.05) is 20.2 Å². The van der Waals surface area contributed by atoms with Crippen LogP contribution in [-0.2, 0) is 13.2 Å². The van der Waals surface area contributed by atoms with Crippen LogP contribution in [0.4, 0.5) is 18.9 Å². The van der Waals surface area contributed by atoms with Crippen molar-refractivity contribution >= 4 is 23.1 Å². The molecule has 0 bridgehead atoms. The van der Waals surface area contributed by atoms with Crippen molar-refractivity contribution in [2.45, 2.75) is 31.9 Å². The lowest BCUT2D eigenvalue weighted by molar-refractivity contribution is -0.141. The molecule has 3 aromatic rings. The van der Waals surface area contributed by atoms with Crippen molar-refractivity contribution in [2.24, 2.45) is 7.05 Å². The zero-order chi connectivity index (χ0) is 20.1. The van der Waals surface area contributed by atoms with Crippen LogP contribution in [0.1, 0.15) is 45.4 Å². The summed E-state index contributed by atoms with van der Waals surface area (Å²) in [6.45, 7) is 1.88. The highest BCUT2D eigenvalue weighted by molar-refractivity contribution is 7.08. The second-order valence-electron chi connectivity index (χ2n) is 6.73. The number of hydrogen-bond acceptors (Lipinski definition) is 5. The first-order valence-electron chi connectivity index (χ1n) is 8.59. The summed E-state index contributed by atoms with van der Waals surface area (Å²) < 4.78 is 44.7. The number of aromatic nitrogens is 4. The monoisotopic (exact) mass is 407 g/mol. The summed E-state index contributed by atoms with van der Waals surface area (Å²) in [4.78, 5) is 16.5. The maximum atomic E-state index is 12.8. The second kappa shape index (κ2) is 6.69. The molecule has 0 spiro atoms. The highest BCUT2D eigenvalue weighted by atomic mass is 32.1. The van der Waals surface area contributed by atoms with Gasteiger partial charge in [0.1, 0.15) is 10.6 Å². The number of amides is 1. The predicted octanol–water partition coefficient (Wildman–Crippen LogP) is 4.40. The molecular weight excluding hydrogens is 391 g/mol. The third kappa shape index (κ3) is 3.51. The van der Waals surface area contributed by atoms with Gasteiger partial charge in [0.05, 0.1) is 11.4 Å². The predicted molar refractivity (Wildman–Crippen MR) is 98.2 cm³/mol. The van der Waals surface area contributed by atoms with Gasteiger partial charge in [-0.2, -0.15) is 22.6 Å². The molecule has 0 saturated heterocycles. The average molecular weight is 407 g/mol. The van der Waals surface area contributed by atoms with Crippen LogP contribution in [-0.4, -0.2) is 25.0 Å². The maximum Gasteiger partial charge on any atom is 0.433 e. The molecule has 6 nitrogen and oxygen atoms in total. The zero-order valence-electron chi connectivity index (χ0n) is 15.0. The molecule has 0 atom stereocenters. The Bertz CT molecular complexity index is 1050. The number of nitrogens with zero attached hydrogens (tertiary/aromatic N) is 4. The highest BCUT2D eigenvalue weighted by Crippen LogP contribution is 2.47. The molecule has 0 aliphatic heterocycles. The molecule has 0 aromatic carbocycles. The van der Waals surface area contributed by atoms with Crippen LogP contribution >= 0.6 is 11.5 Å². The lowest BCUT2D eigenvalue weighted by Gasteiger charge is -2.09. The number of carbonyl (C=O) groups excluding carboxylic acids is 1. The number of anilines is 1. The third-order valence-corrected chi connectivity index (χ3v) is 5.36. The Morgan fingerprint density at radius 2 is 2.11 bits per heavy atom. The van der Waals surface area contributed by atoms with Crippen LogP contribution < -0.4 is 5.32 Å². The van der Waals surface area contributed by atoms with Gasteiger partial charge in [-0.1, -0.05) is 0 Å². The van der Waals surface area contributed by atoms with E-state index < -0.39 is 17.8 Å². The van der Waals surface area contributed by atoms with Crippen LogP contribution in [0.25, 0.3) is 11.3 Å². The summed E-state index contributed by atoms with van der Waals surface area (Å²) in [6, 6.07) is 2.15. The molecule has 4 rings (SSSR count). The Kier molecular flexibility index (Phi) is 4.45. The van der Waals surface area contributed by atoms with Crippen LogP contribution in [0.5, 0.6) is 0 Å². The summed E-state index contributed by atoms with van der Waals surface area (Å²) in [5.41, 5.74) is 2.25. The number of halogens is 3. The van der Waals surface area contributed by atoms with Gasteiger partial charge in [-0.05, 0) is 49.3 Å². The Hall–Kier alpha value is -2.75. The van der Waals surface area contributed by atoms with Crippen LogP contribution in [0, 0.1) is 6.92 Å². The van der Waals surface area contributed by atoms with Crippen molar-refractivity contribution in [3.63, 3.8) is 0 Å². The Morgan fingerprint density at radius 3 is 2.71 bits per heavy atom. The molecule has 1 amide bonds. The SMILES string of the molecule is Cc1nn(C)cc1-c1nsc(C(=O)Nc2ccnc(C(F)(F)F)c2)c1C1CC1. The number of hydrogen-bond donors (Lipinski definition) is 1. The van der Waals surface area contributed by atoms with Crippen molar-refractivity contribution in [1.82, 2.24) is 19.1 Å². The lowest BCUT2D eigenvalue weighted by atomic mass is 10.0. The molecule has 1 saturated carbocycles. The van der Waals surface area contributed by atoms with Gasteiger partial charge in [0, 0.05) is 36.3 Å². The number of carbonyl (C=O) groups is 1. The minimum absolute atomic E-state index is 0.0431. The number of pyridine rings is 1. The van der Waals surface area contributed by atoms with E-state index in [1.165, 1.54) is 6.07 Å². The summed E-state index contributed by atoms with van der Waals surface area (Å²) in [5, 5.41) is 6.88. The van der Waals surface area contributed by atoms with Gasteiger partial charge in [-0.25, -0.2) is 0 Å². The molecule has 0 radical (unpaired) electrons. The van der Waals surface area contributed by atoms with Crippen molar-refractivity contribution < 1.29 is 18.0 Å². The molecule has 3 heterocycles. The fourth-order valence-corrected chi connectivity index (χ4v) is 3.96. The number of rotatable bonds is 4. The molecule has 10 heteroatoms. The average Bonchev–Trinajstić information content (AvgIpc) is 3.27. The normalized spacial score (nSPS) is 14.3. The van der Waals surface area contributed by atoms with E-state index >= 15 is 0 Å². The van der Waals surface area contributed by atoms with Crippen molar-refractivity contribution in [3.8, 4) is 11.3 Å². The second-order valence-corrected chi connectivity index (χ2v) is 7.51. The molecule has 146 valence electrons. The molecule has 1 N–H and O–H groups in total. The van der Waals surface area contributed by atoms with E-state index in [9.17, 15) is 18.0 Å². The van der Waals surface area contributed by atoms with Crippen molar-refractivity contribution in [1.29, 1.82) is 0 Å². The fourth-order valence-electron chi connectivity index (χ4n) is 3.09. The first-order chi connectivity index (χ1) is 13.2. The summed E-state index contributed by atoms with van der Waals surface area (Å²) >= 11 is 1.06. The minimum atomic E-state index is -4.57. The first kappa shape index (κ1) is 18.6. The van der Waals surface area contributed by atoms with Crippen LogP contribution in [0.15, 0.2) is 24.5 Å². The quantitative estimate of drug-likeness (QED) is 0.696. The first-order valence-corrected chi connectivity index (χ1v) is 9.36. The van der Waals surface area contributed by atoms with E-state index in [-0.39, 0.29) is 11.6 Å². The van der Waals surface area contributed by atoms with Gasteiger partial charge in [0.25, 0.3) is 5.91 Å². The molecular formula is C18H16F3N5OS. The molecule has 3 aromatic heterocycles. The van der Waals surface area contributed by atoms with Crippen LogP contribution in [0.3, 0.4) is 0 Å². The fraction of sp³-hybridized carbons (Fsp3) is 0.333.